The lowest BCUT2D eigenvalue weighted by Gasteiger charge is -2.84. The van der Waals surface area contributed by atoms with E-state index in [1.54, 1.807) is 0 Å². The standard InChI is InChI=1S/C12H16O2/c13-5-1-3-7-8-4-2-6(14)12(9(3)8)11(5)10(4)7/h3-14H,1-2H2. The van der Waals surface area contributed by atoms with Crippen molar-refractivity contribution in [2.45, 2.75) is 25.0 Å². The zero-order valence-electron chi connectivity index (χ0n) is 8.08. The molecule has 0 spiro atoms. The third kappa shape index (κ3) is 0.455. The van der Waals surface area contributed by atoms with Crippen LogP contribution in [0.5, 0.6) is 0 Å². The SMILES string of the molecule is OC1CC2C3C4C(O)CC5C(C14)C2C53. The van der Waals surface area contributed by atoms with Crippen LogP contribution in [0.15, 0.2) is 0 Å². The van der Waals surface area contributed by atoms with Crippen LogP contribution < -0.4 is 0 Å². The highest BCUT2D eigenvalue weighted by Gasteiger charge is 2.81. The molecule has 2 N–H and O–H groups in total. The Morgan fingerprint density at radius 3 is 1.36 bits per heavy atom. The molecule has 0 aromatic rings. The third-order valence-corrected chi connectivity index (χ3v) is 6.56. The predicted octanol–water partition coefficient (Wildman–Crippen LogP) is 0.486. The van der Waals surface area contributed by atoms with Crippen molar-refractivity contribution in [3.63, 3.8) is 0 Å². The fourth-order valence-corrected chi connectivity index (χ4v) is 6.57. The molecule has 8 rings (SSSR count). The minimum atomic E-state index is -0.0683. The number of aliphatic hydroxyl groups excluding tert-OH is 2. The Kier molecular flexibility index (Phi) is 0.931. The molecule has 8 bridgehead atoms. The van der Waals surface area contributed by atoms with E-state index in [2.05, 4.69) is 0 Å². The van der Waals surface area contributed by atoms with Gasteiger partial charge in [-0.2, -0.15) is 0 Å². The maximum absolute atomic E-state index is 10.1. The van der Waals surface area contributed by atoms with Gasteiger partial charge in [-0.05, 0) is 60.2 Å². The highest BCUT2D eigenvalue weighted by atomic mass is 16.3. The molecule has 0 aliphatic heterocycles. The molecule has 8 aliphatic carbocycles. The summed E-state index contributed by atoms with van der Waals surface area (Å²) < 4.78 is 0. The van der Waals surface area contributed by atoms with E-state index in [4.69, 9.17) is 0 Å². The molecule has 0 aromatic carbocycles. The Labute approximate surface area is 83.3 Å². The lowest BCUT2D eigenvalue weighted by molar-refractivity contribution is -0.394. The first kappa shape index (κ1) is 7.24. The summed E-state index contributed by atoms with van der Waals surface area (Å²) in [5.74, 6) is 6.23. The van der Waals surface area contributed by atoms with Crippen molar-refractivity contribution in [1.29, 1.82) is 0 Å². The van der Waals surface area contributed by atoms with Crippen LogP contribution in [0, 0.1) is 47.3 Å². The van der Waals surface area contributed by atoms with Crippen LogP contribution >= 0.6 is 0 Å². The average molecular weight is 192 g/mol. The zero-order chi connectivity index (χ0) is 9.19. The molecule has 0 amide bonds. The summed E-state index contributed by atoms with van der Waals surface area (Å²) in [6.07, 6.45) is 1.98. The Balaban J connectivity index is 1.70. The minimum Gasteiger partial charge on any atom is -0.393 e. The van der Waals surface area contributed by atoms with E-state index in [9.17, 15) is 10.2 Å². The predicted molar refractivity (Wildman–Crippen MR) is 49.2 cm³/mol. The van der Waals surface area contributed by atoms with Gasteiger partial charge in [0.25, 0.3) is 0 Å². The van der Waals surface area contributed by atoms with Crippen LogP contribution in [-0.4, -0.2) is 22.4 Å². The molecule has 0 radical (unpaired) electrons. The quantitative estimate of drug-likeness (QED) is 0.586. The van der Waals surface area contributed by atoms with Gasteiger partial charge in [-0.25, -0.2) is 0 Å². The highest BCUT2D eigenvalue weighted by molar-refractivity contribution is 5.28. The Hall–Kier alpha value is -0.0800. The summed E-state index contributed by atoms with van der Waals surface area (Å²) in [7, 11) is 0. The fourth-order valence-electron chi connectivity index (χ4n) is 6.57. The van der Waals surface area contributed by atoms with E-state index >= 15 is 0 Å². The van der Waals surface area contributed by atoms with E-state index in [-0.39, 0.29) is 12.2 Å². The van der Waals surface area contributed by atoms with E-state index in [0.29, 0.717) is 11.8 Å². The maximum atomic E-state index is 10.1. The van der Waals surface area contributed by atoms with Crippen molar-refractivity contribution in [1.82, 2.24) is 0 Å². The number of hydrogen-bond acceptors (Lipinski definition) is 2. The molecular weight excluding hydrogens is 176 g/mol. The molecule has 2 heteroatoms. The van der Waals surface area contributed by atoms with Crippen LogP contribution in [0.1, 0.15) is 12.8 Å². The van der Waals surface area contributed by atoms with Crippen molar-refractivity contribution in [3.05, 3.63) is 0 Å². The molecule has 8 fully saturated rings. The van der Waals surface area contributed by atoms with Gasteiger partial charge in [0.05, 0.1) is 12.2 Å². The van der Waals surface area contributed by atoms with E-state index in [1.165, 1.54) is 0 Å². The Morgan fingerprint density at radius 1 is 0.571 bits per heavy atom. The molecular formula is C12H16O2. The van der Waals surface area contributed by atoms with Gasteiger partial charge < -0.3 is 10.2 Å². The smallest absolute Gasteiger partial charge is 0.0577 e. The molecule has 10 atom stereocenters. The number of rotatable bonds is 0. The summed E-state index contributed by atoms with van der Waals surface area (Å²) >= 11 is 0. The molecule has 2 nitrogen and oxygen atoms in total. The van der Waals surface area contributed by atoms with Crippen molar-refractivity contribution < 1.29 is 10.2 Å². The van der Waals surface area contributed by atoms with Crippen LogP contribution in [0.2, 0.25) is 0 Å². The largest absolute Gasteiger partial charge is 0.393 e. The highest BCUT2D eigenvalue weighted by Crippen LogP contribution is 2.82. The lowest BCUT2D eigenvalue weighted by Crippen LogP contribution is -2.83. The second-order valence-electron chi connectivity index (χ2n) is 6.40. The number of aliphatic hydroxyl groups is 2. The zero-order valence-corrected chi connectivity index (χ0v) is 8.08. The fraction of sp³-hybridized carbons (Fsp3) is 1.00. The van der Waals surface area contributed by atoms with Gasteiger partial charge in [0, 0.05) is 0 Å². The molecule has 10 unspecified atom stereocenters. The normalized spacial score (nSPS) is 81.0. The van der Waals surface area contributed by atoms with Crippen molar-refractivity contribution in [3.8, 4) is 0 Å². The molecule has 0 aromatic heterocycles. The summed E-state index contributed by atoms with van der Waals surface area (Å²) in [5.41, 5.74) is 0. The Bertz CT molecular complexity index is 296. The van der Waals surface area contributed by atoms with Crippen molar-refractivity contribution in [2.24, 2.45) is 47.3 Å². The van der Waals surface area contributed by atoms with Crippen molar-refractivity contribution in [2.75, 3.05) is 0 Å². The number of fused-ring (bicyclic) bond motifs is 2. The molecule has 14 heavy (non-hydrogen) atoms. The van der Waals surface area contributed by atoms with Gasteiger partial charge >= 0.3 is 0 Å². The summed E-state index contributed by atoms with van der Waals surface area (Å²) in [4.78, 5) is 0. The van der Waals surface area contributed by atoms with Crippen LogP contribution in [0.25, 0.3) is 0 Å². The molecule has 0 heterocycles. The minimum absolute atomic E-state index is 0.0683. The summed E-state index contributed by atoms with van der Waals surface area (Å²) in [6.45, 7) is 0. The average Bonchev–Trinajstić information content (AvgIpc) is 2.16. The van der Waals surface area contributed by atoms with Crippen molar-refractivity contribution >= 4 is 0 Å². The van der Waals surface area contributed by atoms with Gasteiger partial charge in [-0.15, -0.1) is 0 Å². The van der Waals surface area contributed by atoms with Gasteiger partial charge in [-0.1, -0.05) is 0 Å². The van der Waals surface area contributed by atoms with Gasteiger partial charge in [0.15, 0.2) is 0 Å². The monoisotopic (exact) mass is 192 g/mol. The Morgan fingerprint density at radius 2 is 0.929 bits per heavy atom. The van der Waals surface area contributed by atoms with E-state index in [0.717, 1.165) is 48.3 Å². The molecule has 0 saturated heterocycles. The molecule has 76 valence electrons. The van der Waals surface area contributed by atoms with Gasteiger partial charge in [-0.3, -0.25) is 0 Å². The second kappa shape index (κ2) is 1.80. The first-order chi connectivity index (χ1) is 6.79. The second-order valence-corrected chi connectivity index (χ2v) is 6.40. The van der Waals surface area contributed by atoms with Gasteiger partial charge in [0.1, 0.15) is 0 Å². The topological polar surface area (TPSA) is 40.5 Å². The lowest BCUT2D eigenvalue weighted by atomic mass is 9.21. The van der Waals surface area contributed by atoms with Crippen LogP contribution in [0.3, 0.4) is 0 Å². The number of hydrogen-bond donors (Lipinski definition) is 2. The first-order valence-electron chi connectivity index (χ1n) is 6.15. The summed E-state index contributed by atoms with van der Waals surface area (Å²) in [5, 5.41) is 20.1. The summed E-state index contributed by atoms with van der Waals surface area (Å²) in [6, 6.07) is 0. The molecule has 8 aliphatic rings. The van der Waals surface area contributed by atoms with Gasteiger partial charge in [0.2, 0.25) is 0 Å². The van der Waals surface area contributed by atoms with Crippen LogP contribution in [0.4, 0.5) is 0 Å². The van der Waals surface area contributed by atoms with E-state index in [1.807, 2.05) is 0 Å². The third-order valence-electron chi connectivity index (χ3n) is 6.56. The maximum Gasteiger partial charge on any atom is 0.0577 e. The van der Waals surface area contributed by atoms with E-state index < -0.39 is 0 Å². The van der Waals surface area contributed by atoms with Crippen LogP contribution in [-0.2, 0) is 0 Å². The molecule has 8 saturated carbocycles. The first-order valence-corrected chi connectivity index (χ1v) is 6.15.